The second kappa shape index (κ2) is 5.83. The number of rotatable bonds is 3. The molecule has 0 radical (unpaired) electrons. The fraction of sp³-hybridized carbons (Fsp3) is 0.333. The van der Waals surface area contributed by atoms with E-state index in [1.807, 2.05) is 12.3 Å². The zero-order valence-electron chi connectivity index (χ0n) is 11.8. The van der Waals surface area contributed by atoms with Crippen LogP contribution in [0.15, 0.2) is 24.4 Å². The Labute approximate surface area is 128 Å². The van der Waals surface area contributed by atoms with Gasteiger partial charge in [-0.1, -0.05) is 0 Å². The molecule has 1 aromatic heterocycles. The van der Waals surface area contributed by atoms with Crippen molar-refractivity contribution in [1.29, 1.82) is 0 Å². The Hall–Kier alpha value is -1.92. The molecule has 6 heteroatoms. The van der Waals surface area contributed by atoms with Crippen LogP contribution in [-0.4, -0.2) is 33.6 Å². The van der Waals surface area contributed by atoms with E-state index in [1.165, 1.54) is 5.69 Å². The Bertz CT molecular complexity index is 714. The van der Waals surface area contributed by atoms with E-state index in [2.05, 4.69) is 14.9 Å². The molecule has 2 heterocycles. The molecule has 0 aliphatic carbocycles. The molecule has 1 aliphatic heterocycles. The summed E-state index contributed by atoms with van der Waals surface area (Å²) >= 11 is 5.05. The predicted molar refractivity (Wildman–Crippen MR) is 81.9 cm³/mol. The van der Waals surface area contributed by atoms with Crippen molar-refractivity contribution in [3.8, 4) is 11.5 Å². The Morgan fingerprint density at radius 2 is 2.33 bits per heavy atom. The summed E-state index contributed by atoms with van der Waals surface area (Å²) in [7, 11) is 1.63. The lowest BCUT2D eigenvalue weighted by Crippen LogP contribution is -2.30. The van der Waals surface area contributed by atoms with Gasteiger partial charge in [0.25, 0.3) is 0 Å². The SMILES string of the molecule is COc1ccc(O)c(CN2CCc3[nH]c(=S)ncc3C2)c1. The molecular weight excluding hydrogens is 286 g/mol. The maximum atomic E-state index is 9.98. The van der Waals surface area contributed by atoms with Crippen LogP contribution in [0.25, 0.3) is 0 Å². The molecule has 0 bridgehead atoms. The van der Waals surface area contributed by atoms with Gasteiger partial charge in [-0.25, -0.2) is 4.98 Å². The number of aromatic nitrogens is 2. The summed E-state index contributed by atoms with van der Waals surface area (Å²) in [4.78, 5) is 9.56. The van der Waals surface area contributed by atoms with E-state index in [0.29, 0.717) is 17.1 Å². The third-order valence-electron chi connectivity index (χ3n) is 3.74. The summed E-state index contributed by atoms with van der Waals surface area (Å²) in [5, 5.41) is 9.98. The maximum Gasteiger partial charge on any atom is 0.196 e. The van der Waals surface area contributed by atoms with Crippen molar-refractivity contribution in [2.24, 2.45) is 0 Å². The third-order valence-corrected chi connectivity index (χ3v) is 3.94. The van der Waals surface area contributed by atoms with E-state index < -0.39 is 0 Å². The molecule has 2 N–H and O–H groups in total. The summed E-state index contributed by atoms with van der Waals surface area (Å²) in [5.74, 6) is 1.05. The Balaban J connectivity index is 1.78. The number of benzene rings is 1. The molecule has 3 rings (SSSR count). The number of nitrogens with zero attached hydrogens (tertiary/aromatic N) is 2. The van der Waals surface area contributed by atoms with E-state index in [0.717, 1.165) is 36.4 Å². The van der Waals surface area contributed by atoms with Crippen LogP contribution in [0, 0.1) is 4.77 Å². The van der Waals surface area contributed by atoms with Crippen molar-refractivity contribution in [1.82, 2.24) is 14.9 Å². The van der Waals surface area contributed by atoms with Gasteiger partial charge >= 0.3 is 0 Å². The van der Waals surface area contributed by atoms with Crippen LogP contribution >= 0.6 is 12.2 Å². The molecule has 0 saturated heterocycles. The van der Waals surface area contributed by atoms with Gasteiger partial charge in [-0.3, -0.25) is 4.90 Å². The van der Waals surface area contributed by atoms with Gasteiger partial charge in [0, 0.05) is 49.1 Å². The monoisotopic (exact) mass is 303 g/mol. The highest BCUT2D eigenvalue weighted by Gasteiger charge is 2.18. The molecule has 0 atom stereocenters. The molecule has 5 nitrogen and oxygen atoms in total. The molecule has 2 aromatic rings. The molecule has 110 valence electrons. The van der Waals surface area contributed by atoms with Gasteiger partial charge in [-0.2, -0.15) is 0 Å². The minimum Gasteiger partial charge on any atom is -0.508 e. The molecule has 1 aliphatic rings. The lowest BCUT2D eigenvalue weighted by Gasteiger charge is -2.28. The molecule has 0 spiro atoms. The van der Waals surface area contributed by atoms with Crippen molar-refractivity contribution in [2.45, 2.75) is 19.5 Å². The zero-order valence-corrected chi connectivity index (χ0v) is 12.6. The van der Waals surface area contributed by atoms with E-state index in [9.17, 15) is 5.11 Å². The van der Waals surface area contributed by atoms with Gasteiger partial charge in [-0.15, -0.1) is 0 Å². The van der Waals surface area contributed by atoms with Crippen LogP contribution in [0.4, 0.5) is 0 Å². The smallest absolute Gasteiger partial charge is 0.196 e. The lowest BCUT2D eigenvalue weighted by atomic mass is 10.1. The largest absolute Gasteiger partial charge is 0.508 e. The van der Waals surface area contributed by atoms with Crippen LogP contribution in [0.1, 0.15) is 16.8 Å². The summed E-state index contributed by atoms with van der Waals surface area (Å²) in [6, 6.07) is 5.31. The van der Waals surface area contributed by atoms with Crippen LogP contribution in [0.3, 0.4) is 0 Å². The van der Waals surface area contributed by atoms with Crippen LogP contribution < -0.4 is 4.74 Å². The van der Waals surface area contributed by atoms with E-state index in [1.54, 1.807) is 19.2 Å². The van der Waals surface area contributed by atoms with Gasteiger partial charge < -0.3 is 14.8 Å². The lowest BCUT2D eigenvalue weighted by molar-refractivity contribution is 0.239. The highest BCUT2D eigenvalue weighted by atomic mass is 32.1. The molecule has 1 aromatic carbocycles. The third kappa shape index (κ3) is 3.06. The normalized spacial score (nSPS) is 14.7. The van der Waals surface area contributed by atoms with Crippen molar-refractivity contribution < 1.29 is 9.84 Å². The zero-order chi connectivity index (χ0) is 14.8. The molecule has 0 unspecified atom stereocenters. The number of hydrogen-bond donors (Lipinski definition) is 2. The minimum atomic E-state index is 0.298. The Morgan fingerprint density at radius 1 is 1.48 bits per heavy atom. The molecule has 0 fully saturated rings. The highest BCUT2D eigenvalue weighted by molar-refractivity contribution is 7.71. The average molecular weight is 303 g/mol. The highest BCUT2D eigenvalue weighted by Crippen LogP contribution is 2.26. The number of aromatic amines is 1. The number of aromatic hydroxyl groups is 1. The first kappa shape index (κ1) is 14.0. The first-order valence-corrected chi connectivity index (χ1v) is 7.22. The second-order valence-electron chi connectivity index (χ2n) is 5.15. The first-order chi connectivity index (χ1) is 10.2. The summed E-state index contributed by atoms with van der Waals surface area (Å²) in [6.45, 7) is 2.39. The van der Waals surface area contributed by atoms with Gasteiger partial charge in [0.1, 0.15) is 11.5 Å². The quantitative estimate of drug-likeness (QED) is 0.853. The topological polar surface area (TPSA) is 61.4 Å². The molecule has 0 saturated carbocycles. The van der Waals surface area contributed by atoms with Gasteiger partial charge in [0.05, 0.1) is 7.11 Å². The minimum absolute atomic E-state index is 0.298. The standard InChI is InChI=1S/C15H17N3O2S/c1-20-12-2-3-14(19)10(6-12)8-18-5-4-13-11(9-18)7-16-15(21)17-13/h2-3,6-7,19H,4-5,8-9H2,1H3,(H,16,17,21). The fourth-order valence-electron chi connectivity index (χ4n) is 2.60. The number of phenolic OH excluding ortho intramolecular Hbond substituents is 1. The number of methoxy groups -OCH3 is 1. The van der Waals surface area contributed by atoms with E-state index in [-0.39, 0.29) is 0 Å². The van der Waals surface area contributed by atoms with E-state index >= 15 is 0 Å². The van der Waals surface area contributed by atoms with Crippen molar-refractivity contribution >= 4 is 12.2 Å². The van der Waals surface area contributed by atoms with Gasteiger partial charge in [0.15, 0.2) is 4.77 Å². The molecular formula is C15H17N3O2S. The first-order valence-electron chi connectivity index (χ1n) is 6.81. The summed E-state index contributed by atoms with van der Waals surface area (Å²) in [5.41, 5.74) is 3.20. The summed E-state index contributed by atoms with van der Waals surface area (Å²) < 4.78 is 5.75. The second-order valence-corrected chi connectivity index (χ2v) is 5.53. The number of H-pyrrole nitrogens is 1. The van der Waals surface area contributed by atoms with Gasteiger partial charge in [0.2, 0.25) is 0 Å². The van der Waals surface area contributed by atoms with Crippen molar-refractivity contribution in [3.05, 3.63) is 46.0 Å². The van der Waals surface area contributed by atoms with Crippen LogP contribution in [-0.2, 0) is 19.5 Å². The number of ether oxygens (including phenoxy) is 1. The number of phenols is 1. The van der Waals surface area contributed by atoms with E-state index in [4.69, 9.17) is 17.0 Å². The number of hydrogen-bond acceptors (Lipinski definition) is 5. The molecule has 21 heavy (non-hydrogen) atoms. The van der Waals surface area contributed by atoms with Crippen molar-refractivity contribution in [2.75, 3.05) is 13.7 Å². The molecule has 0 amide bonds. The van der Waals surface area contributed by atoms with Crippen molar-refractivity contribution in [3.63, 3.8) is 0 Å². The Kier molecular flexibility index (Phi) is 3.90. The fourth-order valence-corrected chi connectivity index (χ4v) is 2.77. The predicted octanol–water partition coefficient (Wildman–Crippen LogP) is 2.41. The van der Waals surface area contributed by atoms with Gasteiger partial charge in [-0.05, 0) is 30.4 Å². The number of nitrogens with one attached hydrogen (secondary N) is 1. The average Bonchev–Trinajstić information content (AvgIpc) is 2.49. The maximum absolute atomic E-state index is 9.98. The summed E-state index contributed by atoms with van der Waals surface area (Å²) in [6.07, 6.45) is 2.75. The van der Waals surface area contributed by atoms with Crippen LogP contribution in [0.2, 0.25) is 0 Å². The Morgan fingerprint density at radius 3 is 3.14 bits per heavy atom. The van der Waals surface area contributed by atoms with Crippen LogP contribution in [0.5, 0.6) is 11.5 Å². The number of fused-ring (bicyclic) bond motifs is 1.